The molecule has 1 aromatic rings. The minimum absolute atomic E-state index is 0.308. The van der Waals surface area contributed by atoms with Crippen molar-refractivity contribution in [2.75, 3.05) is 0 Å². The Hall–Kier alpha value is -0.422. The molecule has 0 saturated heterocycles. The van der Waals surface area contributed by atoms with Crippen LogP contribution in [0.4, 0.5) is 5.69 Å². The quantitative estimate of drug-likeness (QED) is 0.690. The summed E-state index contributed by atoms with van der Waals surface area (Å²) >= 11 is -0.355. The van der Waals surface area contributed by atoms with Crippen LogP contribution in [0.15, 0.2) is 21.7 Å². The second-order valence-corrected chi connectivity index (χ2v) is 6.47. The fourth-order valence-electron chi connectivity index (χ4n) is 1.19. The molecule has 0 radical (unpaired) electrons. The van der Waals surface area contributed by atoms with Crippen LogP contribution in [0.5, 0.6) is 0 Å². The van der Waals surface area contributed by atoms with Gasteiger partial charge in [0.25, 0.3) is 0 Å². The van der Waals surface area contributed by atoms with Gasteiger partial charge in [-0.1, -0.05) is 0 Å². The Balaban J connectivity index is 3.05. The van der Waals surface area contributed by atoms with Crippen molar-refractivity contribution in [1.29, 1.82) is 0 Å². The summed E-state index contributed by atoms with van der Waals surface area (Å²) in [5.41, 5.74) is 4.10. The number of rotatable bonds is 1. The molecule has 82 valence electrons. The van der Waals surface area contributed by atoms with Crippen LogP contribution in [0.3, 0.4) is 0 Å². The molecule has 1 rings (SSSR count). The van der Waals surface area contributed by atoms with Crippen molar-refractivity contribution >= 4 is 10.1 Å². The van der Waals surface area contributed by atoms with Crippen LogP contribution in [-0.2, 0) is 17.9 Å². The SMILES string of the molecule is Cc1cccc(C)c1[N]=[Mo]=[CH]C(C)(C)C. The van der Waals surface area contributed by atoms with Crippen LogP contribution in [0.25, 0.3) is 0 Å². The summed E-state index contributed by atoms with van der Waals surface area (Å²) in [6, 6.07) is 6.36. The van der Waals surface area contributed by atoms with Gasteiger partial charge in [-0.3, -0.25) is 0 Å². The van der Waals surface area contributed by atoms with Gasteiger partial charge in [0, 0.05) is 0 Å². The van der Waals surface area contributed by atoms with Gasteiger partial charge in [-0.05, 0) is 0 Å². The van der Waals surface area contributed by atoms with Gasteiger partial charge >= 0.3 is 101 Å². The molecule has 0 N–H and O–H groups in total. The molecule has 0 aliphatic carbocycles. The molecule has 0 amide bonds. The Morgan fingerprint density at radius 1 is 1.13 bits per heavy atom. The number of hydrogen-bond donors (Lipinski definition) is 0. The van der Waals surface area contributed by atoms with E-state index in [1.165, 1.54) is 16.8 Å². The van der Waals surface area contributed by atoms with E-state index in [2.05, 4.69) is 57.2 Å². The zero-order chi connectivity index (χ0) is 11.5. The van der Waals surface area contributed by atoms with Gasteiger partial charge in [-0.25, -0.2) is 0 Å². The van der Waals surface area contributed by atoms with Gasteiger partial charge in [-0.2, -0.15) is 0 Å². The van der Waals surface area contributed by atoms with Gasteiger partial charge in [0.1, 0.15) is 0 Å². The van der Waals surface area contributed by atoms with Crippen molar-refractivity contribution in [3.63, 3.8) is 0 Å². The molecule has 0 fully saturated rings. The molecule has 1 nitrogen and oxygen atoms in total. The first-order valence-corrected chi connectivity index (χ1v) is 7.23. The second kappa shape index (κ2) is 5.07. The summed E-state index contributed by atoms with van der Waals surface area (Å²) in [6.45, 7) is 11.0. The Bertz CT molecular complexity index is 387. The maximum absolute atomic E-state index is 4.77. The third kappa shape index (κ3) is 4.30. The van der Waals surface area contributed by atoms with Gasteiger partial charge in [-0.15, -0.1) is 0 Å². The van der Waals surface area contributed by atoms with E-state index in [9.17, 15) is 0 Å². The zero-order valence-corrected chi connectivity index (χ0v) is 12.2. The predicted octanol–water partition coefficient (Wildman–Crippen LogP) is 4.05. The third-order valence-electron chi connectivity index (χ3n) is 1.99. The molecular formula is C13H19MoN. The maximum atomic E-state index is 4.77. The molecular weight excluding hydrogens is 266 g/mol. The molecule has 0 atom stereocenters. The number of aryl methyl sites for hydroxylation is 2. The van der Waals surface area contributed by atoms with Gasteiger partial charge in [0.05, 0.1) is 0 Å². The normalized spacial score (nSPS) is 11.0. The molecule has 0 aliphatic rings. The predicted molar refractivity (Wildman–Crippen MR) is 63.5 cm³/mol. The van der Waals surface area contributed by atoms with E-state index in [0.717, 1.165) is 0 Å². The van der Waals surface area contributed by atoms with Crippen molar-refractivity contribution in [3.05, 3.63) is 29.3 Å². The van der Waals surface area contributed by atoms with E-state index < -0.39 is 0 Å². The molecule has 0 bridgehead atoms. The van der Waals surface area contributed by atoms with Crippen LogP contribution in [0.2, 0.25) is 0 Å². The summed E-state index contributed by atoms with van der Waals surface area (Å²) in [7, 11) is 0. The number of benzene rings is 1. The van der Waals surface area contributed by atoms with Crippen LogP contribution in [0, 0.1) is 19.3 Å². The van der Waals surface area contributed by atoms with Crippen LogP contribution < -0.4 is 0 Å². The van der Waals surface area contributed by atoms with Crippen LogP contribution in [0.1, 0.15) is 31.9 Å². The summed E-state index contributed by atoms with van der Waals surface area (Å²) in [5, 5.41) is 0. The fourth-order valence-corrected chi connectivity index (χ4v) is 3.06. The molecule has 15 heavy (non-hydrogen) atoms. The van der Waals surface area contributed by atoms with Crippen molar-refractivity contribution < 1.29 is 17.9 Å². The van der Waals surface area contributed by atoms with Crippen molar-refractivity contribution in [2.45, 2.75) is 34.6 Å². The average molecular weight is 285 g/mol. The molecule has 0 unspecified atom stereocenters. The molecule has 0 aromatic heterocycles. The standard InChI is InChI=1S/C8H9N.C5H10.Mo/c1-6-4-3-5-7(2)8(6)9;1-5(2,3)4;/h3-5H,1-2H3;1H,2-4H3;. The fraction of sp³-hybridized carbons (Fsp3) is 0.462. The van der Waals surface area contributed by atoms with E-state index in [0.29, 0.717) is 5.41 Å². The van der Waals surface area contributed by atoms with Crippen molar-refractivity contribution in [2.24, 2.45) is 8.91 Å². The monoisotopic (exact) mass is 287 g/mol. The van der Waals surface area contributed by atoms with Crippen molar-refractivity contribution in [1.82, 2.24) is 0 Å². The topological polar surface area (TPSA) is 12.4 Å². The van der Waals surface area contributed by atoms with E-state index in [1.807, 2.05) is 0 Å². The van der Waals surface area contributed by atoms with E-state index in [-0.39, 0.29) is 17.9 Å². The molecule has 2 heteroatoms. The zero-order valence-electron chi connectivity index (χ0n) is 10.2. The Kier molecular flexibility index (Phi) is 4.28. The molecule has 1 aromatic carbocycles. The summed E-state index contributed by atoms with van der Waals surface area (Å²) in [5.74, 6) is 0. The van der Waals surface area contributed by atoms with Gasteiger partial charge in [0.15, 0.2) is 0 Å². The first-order chi connectivity index (χ1) is 6.90. The van der Waals surface area contributed by atoms with Crippen LogP contribution in [-0.4, -0.2) is 4.40 Å². The molecule has 0 saturated carbocycles. The minimum atomic E-state index is -0.355. The molecule has 0 heterocycles. The summed E-state index contributed by atoms with van der Waals surface area (Å²) in [6.07, 6.45) is 0. The first-order valence-electron chi connectivity index (χ1n) is 5.17. The number of nitrogens with zero attached hydrogens (tertiary/aromatic N) is 1. The van der Waals surface area contributed by atoms with Gasteiger partial charge in [0.2, 0.25) is 0 Å². The second-order valence-electron chi connectivity index (χ2n) is 4.92. The summed E-state index contributed by atoms with van der Waals surface area (Å²) in [4.78, 5) is 0. The summed E-state index contributed by atoms with van der Waals surface area (Å²) < 4.78 is 7.14. The van der Waals surface area contributed by atoms with E-state index >= 15 is 0 Å². The third-order valence-corrected chi connectivity index (χ3v) is 4.69. The Morgan fingerprint density at radius 3 is 2.13 bits per heavy atom. The molecule has 0 aliphatic heterocycles. The van der Waals surface area contributed by atoms with Gasteiger partial charge < -0.3 is 0 Å². The molecule has 0 spiro atoms. The number of hydrogen-bond acceptors (Lipinski definition) is 1. The van der Waals surface area contributed by atoms with E-state index in [1.54, 1.807) is 0 Å². The van der Waals surface area contributed by atoms with E-state index in [4.69, 9.17) is 3.50 Å². The average Bonchev–Trinajstić information content (AvgIpc) is 2.08. The van der Waals surface area contributed by atoms with Crippen molar-refractivity contribution in [3.8, 4) is 0 Å². The Morgan fingerprint density at radius 2 is 1.67 bits per heavy atom. The first kappa shape index (κ1) is 12.6. The Labute approximate surface area is 101 Å². The van der Waals surface area contributed by atoms with Crippen LogP contribution >= 0.6 is 0 Å².